The van der Waals surface area contributed by atoms with Crippen LogP contribution in [0, 0.1) is 29.4 Å². The molecule has 4 aliphatic rings. The van der Waals surface area contributed by atoms with Crippen molar-refractivity contribution >= 4 is 11.7 Å². The predicted molar refractivity (Wildman–Crippen MR) is 114 cm³/mol. The lowest BCUT2D eigenvalue weighted by Gasteiger charge is -2.58. The molecule has 5 nitrogen and oxygen atoms in total. The van der Waals surface area contributed by atoms with Gasteiger partial charge in [0.15, 0.2) is 0 Å². The molecule has 0 aliphatic heterocycles. The summed E-state index contributed by atoms with van der Waals surface area (Å²) in [6, 6.07) is 4.87. The molecule has 4 fully saturated rings. The van der Waals surface area contributed by atoms with Crippen molar-refractivity contribution in [3.05, 3.63) is 58.4 Å². The Kier molecular flexibility index (Phi) is 5.00. The molecule has 2 N–H and O–H groups in total. The first-order valence-electron chi connectivity index (χ1n) is 11.4. The number of carbonyl (C=O) groups excluding carboxylic acids is 2. The Morgan fingerprint density at radius 2 is 1.78 bits per heavy atom. The van der Waals surface area contributed by atoms with E-state index < -0.39 is 28.6 Å². The second kappa shape index (κ2) is 7.51. The van der Waals surface area contributed by atoms with E-state index in [4.69, 9.17) is 0 Å². The summed E-state index contributed by atoms with van der Waals surface area (Å²) in [6.07, 6.45) is 4.85. The van der Waals surface area contributed by atoms with E-state index in [2.05, 4.69) is 5.32 Å². The van der Waals surface area contributed by atoms with Gasteiger partial charge in [-0.05, 0) is 80.0 Å². The molecule has 2 atom stereocenters. The van der Waals surface area contributed by atoms with Crippen molar-refractivity contribution in [2.24, 2.45) is 24.8 Å². The fourth-order valence-corrected chi connectivity index (χ4v) is 6.73. The summed E-state index contributed by atoms with van der Waals surface area (Å²) in [5.74, 6) is -1.86. The molecule has 32 heavy (non-hydrogen) atoms. The van der Waals surface area contributed by atoms with Gasteiger partial charge in [0, 0.05) is 13.1 Å². The fraction of sp³-hybridized carbons (Fsp3) is 0.520. The van der Waals surface area contributed by atoms with E-state index in [1.165, 1.54) is 10.6 Å². The number of hydrogen-bond acceptors (Lipinski definition) is 3. The van der Waals surface area contributed by atoms with Gasteiger partial charge in [-0.1, -0.05) is 13.0 Å². The van der Waals surface area contributed by atoms with Gasteiger partial charge in [0.05, 0.1) is 16.9 Å². The third kappa shape index (κ3) is 3.29. The fourth-order valence-electron chi connectivity index (χ4n) is 6.73. The van der Waals surface area contributed by atoms with Crippen LogP contribution in [-0.4, -0.2) is 33.0 Å². The molecule has 1 amide bonds. The second-order valence-corrected chi connectivity index (χ2v) is 9.94. The molecule has 1 heterocycles. The summed E-state index contributed by atoms with van der Waals surface area (Å²) in [5.41, 5.74) is -0.110. The van der Waals surface area contributed by atoms with Crippen LogP contribution in [-0.2, 0) is 13.5 Å². The molecule has 4 bridgehead atoms. The normalized spacial score (nSPS) is 30.5. The van der Waals surface area contributed by atoms with Crippen LogP contribution in [0.1, 0.15) is 71.1 Å². The molecule has 1 aromatic heterocycles. The number of amides is 1. The largest absolute Gasteiger partial charge is 0.390 e. The average Bonchev–Trinajstić information content (AvgIpc) is 3.05. The number of aromatic nitrogens is 1. The maximum Gasteiger partial charge on any atom is 0.268 e. The Hall–Kier alpha value is -2.54. The highest BCUT2D eigenvalue weighted by Crippen LogP contribution is 2.55. The number of aryl methyl sites for hydroxylation is 1. The zero-order valence-electron chi connectivity index (χ0n) is 18.3. The summed E-state index contributed by atoms with van der Waals surface area (Å²) >= 11 is 0. The summed E-state index contributed by atoms with van der Waals surface area (Å²) < 4.78 is 29.9. The zero-order valence-corrected chi connectivity index (χ0v) is 18.3. The number of aliphatic hydroxyl groups is 1. The molecule has 7 heteroatoms. The number of hydrogen-bond donors (Lipinski definition) is 2. The van der Waals surface area contributed by atoms with E-state index >= 15 is 0 Å². The van der Waals surface area contributed by atoms with Crippen LogP contribution in [0.5, 0.6) is 0 Å². The van der Waals surface area contributed by atoms with Crippen LogP contribution in [0.2, 0.25) is 0 Å². The van der Waals surface area contributed by atoms with Crippen molar-refractivity contribution in [3.63, 3.8) is 0 Å². The molecule has 4 aliphatic carbocycles. The zero-order chi connectivity index (χ0) is 22.8. The monoisotopic (exact) mass is 442 g/mol. The molecular formula is C25H28F2N2O3. The minimum Gasteiger partial charge on any atom is -0.390 e. The summed E-state index contributed by atoms with van der Waals surface area (Å²) in [7, 11) is 1.58. The Labute approximate surface area is 185 Å². The van der Waals surface area contributed by atoms with Gasteiger partial charge in [0.25, 0.3) is 5.91 Å². The Morgan fingerprint density at radius 1 is 1.16 bits per heavy atom. The van der Waals surface area contributed by atoms with E-state index in [0.717, 1.165) is 44.2 Å². The number of ketones is 1. The van der Waals surface area contributed by atoms with Crippen molar-refractivity contribution in [1.82, 2.24) is 9.88 Å². The highest BCUT2D eigenvalue weighted by atomic mass is 19.1. The van der Waals surface area contributed by atoms with Crippen molar-refractivity contribution in [2.75, 3.05) is 0 Å². The second-order valence-electron chi connectivity index (χ2n) is 9.94. The summed E-state index contributed by atoms with van der Waals surface area (Å²) in [6.45, 7) is 1.88. The highest BCUT2D eigenvalue weighted by molar-refractivity contribution is 6.10. The first-order valence-corrected chi connectivity index (χ1v) is 11.4. The molecule has 2 aromatic rings. The maximum atomic E-state index is 14.2. The molecule has 6 rings (SSSR count). The molecular weight excluding hydrogens is 414 g/mol. The molecule has 0 radical (unpaired) electrons. The van der Waals surface area contributed by atoms with Crippen molar-refractivity contribution in [3.8, 4) is 0 Å². The van der Waals surface area contributed by atoms with Gasteiger partial charge in [0.1, 0.15) is 17.3 Å². The van der Waals surface area contributed by atoms with E-state index in [9.17, 15) is 23.5 Å². The lowest BCUT2D eigenvalue weighted by Crippen LogP contribution is -2.61. The van der Waals surface area contributed by atoms with Crippen LogP contribution < -0.4 is 5.32 Å². The number of nitrogens with zero attached hydrogens (tertiary/aromatic N) is 1. The van der Waals surface area contributed by atoms with Gasteiger partial charge in [-0.2, -0.15) is 0 Å². The smallest absolute Gasteiger partial charge is 0.268 e. The van der Waals surface area contributed by atoms with Crippen molar-refractivity contribution in [2.45, 2.75) is 57.1 Å². The van der Waals surface area contributed by atoms with Gasteiger partial charge < -0.3 is 15.0 Å². The lowest BCUT2D eigenvalue weighted by molar-refractivity contribution is -0.137. The standard InChI is InChI=1S/C25H28F2N2O3/c1-3-14-9-19(23(30)20-17(26)5-4-6-18(20)27)29(2)22(14)24(31)28-21-15-7-13-8-16(21)12-25(32,10-13)11-15/h4-6,9,13,15-16,21,32H,3,7-8,10-12H2,1-2H3,(H,28,31). The SMILES string of the molecule is CCc1cc(C(=O)c2c(F)cccc2F)n(C)c1C(=O)NC1C2CC3CC1CC(O)(C3)C2. The topological polar surface area (TPSA) is 71.3 Å². The maximum absolute atomic E-state index is 14.2. The molecule has 2 unspecified atom stereocenters. The summed E-state index contributed by atoms with van der Waals surface area (Å²) in [4.78, 5) is 26.3. The molecule has 4 saturated carbocycles. The Bertz CT molecular complexity index is 1070. The Balaban J connectivity index is 1.44. The van der Waals surface area contributed by atoms with Crippen molar-refractivity contribution in [1.29, 1.82) is 0 Å². The van der Waals surface area contributed by atoms with Crippen LogP contribution in [0.15, 0.2) is 24.3 Å². The van der Waals surface area contributed by atoms with E-state index in [0.29, 0.717) is 23.6 Å². The molecule has 0 spiro atoms. The third-order valence-corrected chi connectivity index (χ3v) is 7.87. The first kappa shape index (κ1) is 21.3. The van der Waals surface area contributed by atoms with E-state index in [1.54, 1.807) is 13.1 Å². The van der Waals surface area contributed by atoms with Gasteiger partial charge >= 0.3 is 0 Å². The quantitative estimate of drug-likeness (QED) is 0.693. The number of nitrogens with one attached hydrogen (secondary N) is 1. The van der Waals surface area contributed by atoms with Crippen LogP contribution in [0.4, 0.5) is 8.78 Å². The number of halogens is 2. The van der Waals surface area contributed by atoms with Crippen LogP contribution >= 0.6 is 0 Å². The van der Waals surface area contributed by atoms with Gasteiger partial charge in [-0.3, -0.25) is 9.59 Å². The minimum atomic E-state index is -0.924. The molecule has 1 aromatic carbocycles. The van der Waals surface area contributed by atoms with E-state index in [1.807, 2.05) is 6.92 Å². The number of benzene rings is 1. The number of carbonyl (C=O) groups is 2. The van der Waals surface area contributed by atoms with Gasteiger partial charge in [-0.15, -0.1) is 0 Å². The average molecular weight is 443 g/mol. The third-order valence-electron chi connectivity index (χ3n) is 7.87. The predicted octanol–water partition coefficient (Wildman–Crippen LogP) is 3.77. The van der Waals surface area contributed by atoms with Crippen molar-refractivity contribution < 1.29 is 23.5 Å². The highest BCUT2D eigenvalue weighted by Gasteiger charge is 2.55. The lowest BCUT2D eigenvalue weighted by atomic mass is 9.52. The summed E-state index contributed by atoms with van der Waals surface area (Å²) in [5, 5.41) is 14.0. The first-order chi connectivity index (χ1) is 15.2. The van der Waals surface area contributed by atoms with Gasteiger partial charge in [-0.25, -0.2) is 8.78 Å². The molecule has 0 saturated heterocycles. The number of rotatable bonds is 5. The van der Waals surface area contributed by atoms with Crippen LogP contribution in [0.3, 0.4) is 0 Å². The minimum absolute atomic E-state index is 0.00194. The van der Waals surface area contributed by atoms with E-state index in [-0.39, 0.29) is 29.5 Å². The molecule has 170 valence electrons. The van der Waals surface area contributed by atoms with Crippen LogP contribution in [0.25, 0.3) is 0 Å². The Morgan fingerprint density at radius 3 is 2.34 bits per heavy atom. The van der Waals surface area contributed by atoms with Gasteiger partial charge in [0.2, 0.25) is 5.78 Å².